The van der Waals surface area contributed by atoms with Gasteiger partial charge in [0, 0.05) is 10.2 Å². The Kier molecular flexibility index (Phi) is 4.06. The van der Waals surface area contributed by atoms with Gasteiger partial charge in [0.2, 0.25) is 0 Å². The summed E-state index contributed by atoms with van der Waals surface area (Å²) in [4.78, 5) is 16.3. The molecule has 0 spiro atoms. The van der Waals surface area contributed by atoms with Crippen molar-refractivity contribution in [3.63, 3.8) is 0 Å². The molecule has 3 rings (SSSR count). The van der Waals surface area contributed by atoms with Crippen molar-refractivity contribution in [3.8, 4) is 0 Å². The average Bonchev–Trinajstić information content (AvgIpc) is 2.93. The highest BCUT2D eigenvalue weighted by atomic mass is 79.9. The van der Waals surface area contributed by atoms with Crippen molar-refractivity contribution in [2.24, 2.45) is 0 Å². The van der Waals surface area contributed by atoms with Crippen molar-refractivity contribution in [2.45, 2.75) is 31.6 Å². The van der Waals surface area contributed by atoms with Gasteiger partial charge in [0.15, 0.2) is 0 Å². The van der Waals surface area contributed by atoms with E-state index >= 15 is 0 Å². The van der Waals surface area contributed by atoms with Crippen molar-refractivity contribution in [1.82, 2.24) is 4.98 Å². The van der Waals surface area contributed by atoms with Crippen LogP contribution < -0.4 is 0 Å². The molecule has 1 N–H and O–H groups in total. The Morgan fingerprint density at radius 2 is 2.05 bits per heavy atom. The first kappa shape index (κ1) is 14.3. The molecule has 1 aliphatic rings. The van der Waals surface area contributed by atoms with Crippen molar-refractivity contribution in [3.05, 3.63) is 63.4 Å². The van der Waals surface area contributed by atoms with Crippen LogP contribution >= 0.6 is 15.9 Å². The van der Waals surface area contributed by atoms with E-state index in [-0.39, 0.29) is 0 Å². The van der Waals surface area contributed by atoms with E-state index in [1.54, 1.807) is 0 Å². The first-order chi connectivity index (χ1) is 10.1. The Labute approximate surface area is 132 Å². The molecule has 3 nitrogen and oxygen atoms in total. The fourth-order valence-corrected chi connectivity index (χ4v) is 3.28. The highest BCUT2D eigenvalue weighted by molar-refractivity contribution is 9.10. The van der Waals surface area contributed by atoms with E-state index < -0.39 is 11.9 Å². The zero-order chi connectivity index (χ0) is 14.8. The van der Waals surface area contributed by atoms with Gasteiger partial charge in [0.25, 0.3) is 0 Å². The lowest BCUT2D eigenvalue weighted by Gasteiger charge is -2.14. The Balaban J connectivity index is 1.92. The highest BCUT2D eigenvalue weighted by Crippen LogP contribution is 2.27. The number of aryl methyl sites for hydroxylation is 2. The van der Waals surface area contributed by atoms with Crippen LogP contribution in [0.3, 0.4) is 0 Å². The Morgan fingerprint density at radius 3 is 2.81 bits per heavy atom. The molecule has 0 aliphatic heterocycles. The molecular weight excluding hydrogens is 330 g/mol. The maximum Gasteiger partial charge on any atom is 0.312 e. The number of aliphatic carboxylic acids is 1. The average molecular weight is 346 g/mol. The van der Waals surface area contributed by atoms with Gasteiger partial charge in [-0.25, -0.2) is 0 Å². The summed E-state index contributed by atoms with van der Waals surface area (Å²) in [7, 11) is 0. The number of halogens is 1. The van der Waals surface area contributed by atoms with Gasteiger partial charge >= 0.3 is 5.97 Å². The fraction of sp³-hybridized carbons (Fsp3) is 0.294. The number of hydrogen-bond donors (Lipinski definition) is 1. The maximum absolute atomic E-state index is 11.7. The van der Waals surface area contributed by atoms with Crippen molar-refractivity contribution in [1.29, 1.82) is 0 Å². The number of nitrogens with zero attached hydrogens (tertiary/aromatic N) is 1. The highest BCUT2D eigenvalue weighted by Gasteiger charge is 2.24. The van der Waals surface area contributed by atoms with Crippen LogP contribution in [0.1, 0.15) is 34.9 Å². The molecule has 0 saturated heterocycles. The second-order valence-corrected chi connectivity index (χ2v) is 6.24. The molecule has 0 radical (unpaired) electrons. The number of carboxylic acids is 1. The van der Waals surface area contributed by atoms with Gasteiger partial charge in [-0.05, 0) is 48.9 Å². The molecule has 1 aromatic carbocycles. The normalized spacial score (nSPS) is 14.7. The third-order valence-electron chi connectivity index (χ3n) is 3.99. The topological polar surface area (TPSA) is 50.2 Å². The number of benzene rings is 1. The quantitative estimate of drug-likeness (QED) is 0.918. The molecule has 108 valence electrons. The van der Waals surface area contributed by atoms with Crippen LogP contribution in [0.4, 0.5) is 0 Å². The fourth-order valence-electron chi connectivity index (χ4n) is 2.83. The van der Waals surface area contributed by atoms with Crippen LogP contribution in [0, 0.1) is 0 Å². The number of hydrogen-bond acceptors (Lipinski definition) is 2. The van der Waals surface area contributed by atoms with Crippen molar-refractivity contribution < 1.29 is 9.90 Å². The molecule has 2 aromatic rings. The summed E-state index contributed by atoms with van der Waals surface area (Å²) in [5, 5.41) is 9.57. The Bertz CT molecular complexity index is 684. The van der Waals surface area contributed by atoms with Crippen LogP contribution in [-0.4, -0.2) is 16.1 Å². The van der Waals surface area contributed by atoms with Crippen LogP contribution in [0.15, 0.2) is 40.9 Å². The minimum absolute atomic E-state index is 0.447. The third-order valence-corrected chi connectivity index (χ3v) is 4.76. The number of pyridine rings is 1. The molecule has 0 bridgehead atoms. The standard InChI is InChI=1S/C17H16BrNO2/c18-14-6-2-1-4-12(14)10-13(17(20)21)16-9-8-11-5-3-7-15(11)19-16/h1-2,4,6,8-9,13H,3,5,7,10H2,(H,20,21). The summed E-state index contributed by atoms with van der Waals surface area (Å²) in [6.07, 6.45) is 3.59. The lowest BCUT2D eigenvalue weighted by Crippen LogP contribution is -2.16. The first-order valence-corrected chi connectivity index (χ1v) is 7.89. The van der Waals surface area contributed by atoms with E-state index in [4.69, 9.17) is 0 Å². The van der Waals surface area contributed by atoms with Crippen LogP contribution in [0.5, 0.6) is 0 Å². The molecule has 4 heteroatoms. The summed E-state index contributed by atoms with van der Waals surface area (Å²) in [5.41, 5.74) is 4.00. The molecule has 21 heavy (non-hydrogen) atoms. The number of fused-ring (bicyclic) bond motifs is 1. The van der Waals surface area contributed by atoms with E-state index in [2.05, 4.69) is 20.9 Å². The molecule has 1 atom stereocenters. The zero-order valence-electron chi connectivity index (χ0n) is 11.6. The zero-order valence-corrected chi connectivity index (χ0v) is 13.1. The van der Waals surface area contributed by atoms with E-state index in [1.807, 2.05) is 36.4 Å². The van der Waals surface area contributed by atoms with Gasteiger partial charge < -0.3 is 5.11 Å². The van der Waals surface area contributed by atoms with E-state index in [0.717, 1.165) is 35.0 Å². The molecule has 0 saturated carbocycles. The number of aromatic nitrogens is 1. The lowest BCUT2D eigenvalue weighted by molar-refractivity contribution is -0.138. The van der Waals surface area contributed by atoms with Gasteiger partial charge in [-0.1, -0.05) is 40.2 Å². The molecule has 0 fully saturated rings. The minimum Gasteiger partial charge on any atom is -0.481 e. The first-order valence-electron chi connectivity index (χ1n) is 7.10. The molecular formula is C17H16BrNO2. The van der Waals surface area contributed by atoms with Crippen molar-refractivity contribution in [2.75, 3.05) is 0 Å². The van der Waals surface area contributed by atoms with Crippen molar-refractivity contribution >= 4 is 21.9 Å². The second kappa shape index (κ2) is 5.98. The summed E-state index contributed by atoms with van der Waals surface area (Å²) in [6, 6.07) is 11.7. The minimum atomic E-state index is -0.823. The summed E-state index contributed by atoms with van der Waals surface area (Å²) >= 11 is 3.48. The monoisotopic (exact) mass is 345 g/mol. The van der Waals surface area contributed by atoms with Crippen LogP contribution in [0.2, 0.25) is 0 Å². The van der Waals surface area contributed by atoms with Gasteiger partial charge in [-0.3, -0.25) is 9.78 Å². The molecule has 1 unspecified atom stereocenters. The van der Waals surface area contributed by atoms with Crippen LogP contribution in [-0.2, 0) is 24.1 Å². The maximum atomic E-state index is 11.7. The van der Waals surface area contributed by atoms with Gasteiger partial charge in [0.1, 0.15) is 5.92 Å². The predicted molar refractivity (Wildman–Crippen MR) is 84.5 cm³/mol. The molecule has 0 amide bonds. The second-order valence-electron chi connectivity index (χ2n) is 5.38. The number of carboxylic acid groups (broad SMARTS) is 1. The lowest BCUT2D eigenvalue weighted by atomic mass is 9.95. The summed E-state index contributed by atoms with van der Waals surface area (Å²) in [6.45, 7) is 0. The predicted octanol–water partition coefficient (Wildman–Crippen LogP) is 3.74. The van der Waals surface area contributed by atoms with Gasteiger partial charge in [0.05, 0.1) is 5.69 Å². The van der Waals surface area contributed by atoms with E-state index in [9.17, 15) is 9.90 Å². The number of carbonyl (C=O) groups is 1. The number of rotatable bonds is 4. The van der Waals surface area contributed by atoms with Gasteiger partial charge in [-0.15, -0.1) is 0 Å². The van der Waals surface area contributed by atoms with Crippen LogP contribution in [0.25, 0.3) is 0 Å². The van der Waals surface area contributed by atoms with E-state index in [1.165, 1.54) is 5.56 Å². The van der Waals surface area contributed by atoms with E-state index in [0.29, 0.717) is 12.1 Å². The summed E-state index contributed by atoms with van der Waals surface area (Å²) < 4.78 is 0.942. The molecule has 1 heterocycles. The Hall–Kier alpha value is -1.68. The smallest absolute Gasteiger partial charge is 0.312 e. The molecule has 1 aromatic heterocycles. The molecule has 1 aliphatic carbocycles. The van der Waals surface area contributed by atoms with Gasteiger partial charge in [-0.2, -0.15) is 0 Å². The summed E-state index contributed by atoms with van der Waals surface area (Å²) in [5.74, 6) is -1.43. The Morgan fingerprint density at radius 1 is 1.24 bits per heavy atom. The largest absolute Gasteiger partial charge is 0.481 e. The third kappa shape index (κ3) is 3.00. The SMILES string of the molecule is O=C(O)C(Cc1ccccc1Br)c1ccc2c(n1)CCC2.